The number of piperazine rings is 1. The third kappa shape index (κ3) is 5.51. The average molecular weight is 411 g/mol. The number of halogens is 2. The zero-order chi connectivity index (χ0) is 20.1. The number of nitrogens with one attached hydrogen (secondary N) is 1. The average Bonchev–Trinajstić information content (AvgIpc) is 3.15. The number of β-amino-alcohol motifs (C(OH)–C–C–N with tert-alkyl or cyclic N) is 1. The van der Waals surface area contributed by atoms with Gasteiger partial charge in [0.1, 0.15) is 12.1 Å². The topological polar surface area (TPSA) is 81.8 Å². The monoisotopic (exact) mass is 410 g/mol. The van der Waals surface area contributed by atoms with Gasteiger partial charge in [0.05, 0.1) is 17.7 Å². The Kier molecular flexibility index (Phi) is 7.01. The molecule has 28 heavy (non-hydrogen) atoms. The van der Waals surface area contributed by atoms with Crippen LogP contribution in [0.4, 0.5) is 10.1 Å². The lowest BCUT2D eigenvalue weighted by atomic mass is 10.2. The van der Waals surface area contributed by atoms with Crippen LogP contribution in [0.25, 0.3) is 0 Å². The third-order valence-corrected chi connectivity index (χ3v) is 5.02. The first-order valence-corrected chi connectivity index (χ1v) is 9.66. The largest absolute Gasteiger partial charge is 0.447 e. The van der Waals surface area contributed by atoms with Crippen molar-refractivity contribution < 1.29 is 18.7 Å². The zero-order valence-electron chi connectivity index (χ0n) is 15.7. The summed E-state index contributed by atoms with van der Waals surface area (Å²) in [5.74, 6) is -0.534. The summed E-state index contributed by atoms with van der Waals surface area (Å²) in [6.07, 6.45) is 1.78. The fourth-order valence-corrected chi connectivity index (χ4v) is 3.19. The molecule has 0 radical (unpaired) electrons. The number of nitrogens with zero attached hydrogens (tertiary/aromatic N) is 3. The Balaban J connectivity index is 1.50. The van der Waals surface area contributed by atoms with E-state index in [1.807, 2.05) is 6.92 Å². The first kappa shape index (κ1) is 20.7. The normalized spacial score (nSPS) is 16.9. The molecule has 2 aromatic rings. The minimum atomic E-state index is -0.548. The van der Waals surface area contributed by atoms with E-state index in [-0.39, 0.29) is 16.8 Å². The van der Waals surface area contributed by atoms with Gasteiger partial charge in [-0.2, -0.15) is 0 Å². The summed E-state index contributed by atoms with van der Waals surface area (Å²) < 4.78 is 18.6. The van der Waals surface area contributed by atoms with E-state index in [0.29, 0.717) is 24.7 Å². The number of aliphatic hydroxyl groups is 1. The Hall–Kier alpha value is -2.00. The molecule has 0 spiro atoms. The molecule has 1 atom stereocenters. The van der Waals surface area contributed by atoms with E-state index in [1.54, 1.807) is 0 Å². The number of hydrogen-bond acceptors (Lipinski definition) is 6. The molecule has 9 heteroatoms. The van der Waals surface area contributed by atoms with E-state index in [4.69, 9.17) is 16.0 Å². The van der Waals surface area contributed by atoms with Crippen LogP contribution in [0.15, 0.2) is 28.9 Å². The number of hydrogen-bond donors (Lipinski definition) is 2. The molecule has 1 aromatic heterocycles. The molecule has 1 aliphatic heterocycles. The number of amides is 1. The molecule has 2 N–H and O–H groups in total. The lowest BCUT2D eigenvalue weighted by Gasteiger charge is -2.34. The summed E-state index contributed by atoms with van der Waals surface area (Å²) in [5.41, 5.74) is 0.534. The lowest BCUT2D eigenvalue weighted by molar-refractivity contribution is 0.0658. The van der Waals surface area contributed by atoms with Gasteiger partial charge in [0.25, 0.3) is 5.91 Å². The maximum Gasteiger partial charge on any atom is 0.277 e. The second-order valence-corrected chi connectivity index (χ2v) is 7.26. The highest BCUT2D eigenvalue weighted by Crippen LogP contribution is 2.20. The van der Waals surface area contributed by atoms with Crippen molar-refractivity contribution in [2.45, 2.75) is 26.0 Å². The van der Waals surface area contributed by atoms with E-state index in [2.05, 4.69) is 20.1 Å². The minimum Gasteiger partial charge on any atom is -0.447 e. The highest BCUT2D eigenvalue weighted by molar-refractivity contribution is 6.31. The standard InChI is InChI=1S/C19H24ClFN4O3/c1-2-14(26)10-24-5-7-25(8-6-24)11-18-23-17(12-28-18)19(27)22-13-3-4-16(21)15(20)9-13/h3-4,9,12,14,26H,2,5-8,10-11H2,1H3,(H,22,27)/t14-/m1/s1. The van der Waals surface area contributed by atoms with Crippen molar-refractivity contribution in [1.29, 1.82) is 0 Å². The summed E-state index contributed by atoms with van der Waals surface area (Å²) in [4.78, 5) is 21.0. The van der Waals surface area contributed by atoms with Gasteiger partial charge in [-0.15, -0.1) is 0 Å². The molecule has 1 aromatic carbocycles. The highest BCUT2D eigenvalue weighted by atomic mass is 35.5. The fraction of sp³-hybridized carbons (Fsp3) is 0.474. The molecular formula is C19H24ClFN4O3. The van der Waals surface area contributed by atoms with Gasteiger partial charge in [-0.25, -0.2) is 9.37 Å². The van der Waals surface area contributed by atoms with Crippen molar-refractivity contribution in [2.24, 2.45) is 0 Å². The summed E-state index contributed by atoms with van der Waals surface area (Å²) >= 11 is 5.72. The first-order valence-electron chi connectivity index (χ1n) is 9.28. The maximum atomic E-state index is 13.2. The number of benzene rings is 1. The van der Waals surface area contributed by atoms with Crippen LogP contribution in [-0.2, 0) is 6.54 Å². The zero-order valence-corrected chi connectivity index (χ0v) is 16.5. The summed E-state index contributed by atoms with van der Waals surface area (Å²) in [5, 5.41) is 12.3. The molecule has 0 aliphatic carbocycles. The predicted octanol–water partition coefficient (Wildman–Crippen LogP) is 2.61. The van der Waals surface area contributed by atoms with E-state index in [0.717, 1.165) is 32.6 Å². The molecule has 7 nitrogen and oxygen atoms in total. The molecule has 1 saturated heterocycles. The molecule has 152 valence electrons. The van der Waals surface area contributed by atoms with Gasteiger partial charge >= 0.3 is 0 Å². The van der Waals surface area contributed by atoms with E-state index in [9.17, 15) is 14.3 Å². The van der Waals surface area contributed by atoms with Gasteiger partial charge in [0.2, 0.25) is 5.89 Å². The predicted molar refractivity (Wildman–Crippen MR) is 104 cm³/mol. The Morgan fingerprint density at radius 2 is 2.07 bits per heavy atom. The fourth-order valence-electron chi connectivity index (χ4n) is 3.01. The Labute approximate surface area is 168 Å². The number of rotatable bonds is 7. The van der Waals surface area contributed by atoms with Crippen molar-refractivity contribution in [3.05, 3.63) is 46.9 Å². The smallest absolute Gasteiger partial charge is 0.277 e. The number of aliphatic hydroxyl groups excluding tert-OH is 1. The van der Waals surface area contributed by atoms with Crippen LogP contribution >= 0.6 is 11.6 Å². The van der Waals surface area contributed by atoms with Crippen LogP contribution in [0.1, 0.15) is 29.7 Å². The van der Waals surface area contributed by atoms with Crippen LogP contribution in [0, 0.1) is 5.82 Å². The molecule has 1 aliphatic rings. The Morgan fingerprint density at radius 1 is 1.36 bits per heavy atom. The number of carbonyl (C=O) groups excluding carboxylic acids is 1. The Morgan fingerprint density at radius 3 is 2.75 bits per heavy atom. The summed E-state index contributed by atoms with van der Waals surface area (Å²) in [7, 11) is 0. The number of oxazole rings is 1. The molecule has 2 heterocycles. The number of anilines is 1. The minimum absolute atomic E-state index is 0.0655. The van der Waals surface area contributed by atoms with Crippen LogP contribution in [-0.4, -0.2) is 64.6 Å². The molecule has 3 rings (SSSR count). The van der Waals surface area contributed by atoms with E-state index < -0.39 is 11.7 Å². The van der Waals surface area contributed by atoms with Crippen molar-refractivity contribution in [3.63, 3.8) is 0 Å². The van der Waals surface area contributed by atoms with Gasteiger partial charge in [-0.3, -0.25) is 14.6 Å². The third-order valence-electron chi connectivity index (χ3n) is 4.73. The second-order valence-electron chi connectivity index (χ2n) is 6.85. The van der Waals surface area contributed by atoms with Crippen molar-refractivity contribution in [2.75, 3.05) is 38.0 Å². The van der Waals surface area contributed by atoms with Gasteiger partial charge in [0, 0.05) is 38.4 Å². The van der Waals surface area contributed by atoms with Gasteiger partial charge in [0.15, 0.2) is 5.69 Å². The van der Waals surface area contributed by atoms with Crippen LogP contribution in [0.2, 0.25) is 5.02 Å². The molecule has 0 unspecified atom stereocenters. The van der Waals surface area contributed by atoms with Crippen molar-refractivity contribution >= 4 is 23.2 Å². The summed E-state index contributed by atoms with van der Waals surface area (Å²) in [6.45, 7) is 6.61. The van der Waals surface area contributed by atoms with Crippen molar-refractivity contribution in [1.82, 2.24) is 14.8 Å². The van der Waals surface area contributed by atoms with Gasteiger partial charge in [-0.05, 0) is 24.6 Å². The van der Waals surface area contributed by atoms with Crippen molar-refractivity contribution in [3.8, 4) is 0 Å². The lowest BCUT2D eigenvalue weighted by Crippen LogP contribution is -2.48. The molecule has 1 amide bonds. The van der Waals surface area contributed by atoms with Gasteiger partial charge < -0.3 is 14.8 Å². The number of aromatic nitrogens is 1. The van der Waals surface area contributed by atoms with Crippen LogP contribution in [0.3, 0.4) is 0 Å². The summed E-state index contributed by atoms with van der Waals surface area (Å²) in [6, 6.07) is 3.95. The first-order chi connectivity index (χ1) is 13.4. The highest BCUT2D eigenvalue weighted by Gasteiger charge is 2.21. The molecule has 0 bridgehead atoms. The second kappa shape index (κ2) is 9.47. The quantitative estimate of drug-likeness (QED) is 0.730. The number of carbonyl (C=O) groups is 1. The Bertz CT molecular complexity index is 808. The molecular weight excluding hydrogens is 387 g/mol. The van der Waals surface area contributed by atoms with Gasteiger partial charge in [-0.1, -0.05) is 18.5 Å². The van der Waals surface area contributed by atoms with Crippen LogP contribution < -0.4 is 5.32 Å². The maximum absolute atomic E-state index is 13.2. The van der Waals surface area contributed by atoms with E-state index >= 15 is 0 Å². The van der Waals surface area contributed by atoms with Crippen LogP contribution in [0.5, 0.6) is 0 Å². The SMILES string of the molecule is CC[C@@H](O)CN1CCN(Cc2nc(C(=O)Nc3ccc(F)c(Cl)c3)co2)CC1. The molecule has 0 saturated carbocycles. The molecule has 1 fully saturated rings. The van der Waals surface area contributed by atoms with E-state index in [1.165, 1.54) is 24.5 Å².